The van der Waals surface area contributed by atoms with Crippen molar-refractivity contribution < 1.29 is 22.7 Å². The topological polar surface area (TPSA) is 105 Å². The number of aryl methyl sites for hydroxylation is 1. The summed E-state index contributed by atoms with van der Waals surface area (Å²) >= 11 is 1.30. The lowest BCUT2D eigenvalue weighted by Gasteiger charge is -2.26. The van der Waals surface area contributed by atoms with Gasteiger partial charge in [0.15, 0.2) is 0 Å². The van der Waals surface area contributed by atoms with Gasteiger partial charge in [0.1, 0.15) is 6.04 Å². The zero-order valence-electron chi connectivity index (χ0n) is 17.8. The Kier molecular flexibility index (Phi) is 7.47. The molecule has 8 nitrogen and oxygen atoms in total. The molecule has 2 heterocycles. The van der Waals surface area contributed by atoms with Crippen LogP contribution in [0.3, 0.4) is 0 Å². The molecule has 168 valence electrons. The van der Waals surface area contributed by atoms with E-state index in [1.54, 1.807) is 30.5 Å². The minimum absolute atomic E-state index is 0.110. The standard InChI is InChI=1S/C21H27N3O5S2/c1-14(2)19(23-20(25)18-5-4-12-30-18)21(26)22-17-13-16(7-6-15(17)3)31(27,28)24-8-10-29-11-9-24/h4-7,12-14,19H,8-11H2,1-3H3,(H,22,26)(H,23,25). The number of hydrogen-bond acceptors (Lipinski definition) is 6. The molecule has 0 aliphatic carbocycles. The molecule has 2 amide bonds. The number of benzene rings is 1. The van der Waals surface area contributed by atoms with Gasteiger partial charge in [0.25, 0.3) is 5.91 Å². The summed E-state index contributed by atoms with van der Waals surface area (Å²) < 4.78 is 32.5. The van der Waals surface area contributed by atoms with Crippen molar-refractivity contribution in [1.82, 2.24) is 9.62 Å². The first-order valence-electron chi connectivity index (χ1n) is 10.0. The molecule has 1 aromatic carbocycles. The van der Waals surface area contributed by atoms with E-state index in [2.05, 4.69) is 10.6 Å². The van der Waals surface area contributed by atoms with Crippen LogP contribution in [0.5, 0.6) is 0 Å². The monoisotopic (exact) mass is 465 g/mol. The van der Waals surface area contributed by atoms with E-state index in [-0.39, 0.29) is 16.7 Å². The van der Waals surface area contributed by atoms with E-state index in [0.717, 1.165) is 5.56 Å². The van der Waals surface area contributed by atoms with Gasteiger partial charge in [-0.1, -0.05) is 26.0 Å². The zero-order valence-corrected chi connectivity index (χ0v) is 19.4. The average molecular weight is 466 g/mol. The first-order chi connectivity index (χ1) is 14.7. The van der Waals surface area contributed by atoms with Crippen LogP contribution < -0.4 is 10.6 Å². The molecule has 1 atom stereocenters. The van der Waals surface area contributed by atoms with Crippen molar-refractivity contribution in [3.63, 3.8) is 0 Å². The highest BCUT2D eigenvalue weighted by Gasteiger charge is 2.28. The quantitative estimate of drug-likeness (QED) is 0.654. The van der Waals surface area contributed by atoms with Crippen LogP contribution in [0.4, 0.5) is 5.69 Å². The maximum absolute atomic E-state index is 13.0. The van der Waals surface area contributed by atoms with Gasteiger partial charge < -0.3 is 15.4 Å². The molecule has 1 aromatic heterocycles. The summed E-state index contributed by atoms with van der Waals surface area (Å²) in [7, 11) is -3.69. The van der Waals surface area contributed by atoms with Gasteiger partial charge in [0.05, 0.1) is 23.0 Å². The van der Waals surface area contributed by atoms with Crippen LogP contribution >= 0.6 is 11.3 Å². The summed E-state index contributed by atoms with van der Waals surface area (Å²) in [6, 6.07) is 7.36. The largest absolute Gasteiger partial charge is 0.379 e. The Balaban J connectivity index is 1.79. The second-order valence-electron chi connectivity index (χ2n) is 7.65. The fourth-order valence-electron chi connectivity index (χ4n) is 3.20. The van der Waals surface area contributed by atoms with E-state index in [0.29, 0.717) is 36.9 Å². The predicted molar refractivity (Wildman–Crippen MR) is 120 cm³/mol. The normalized spacial score (nSPS) is 16.1. The molecule has 2 N–H and O–H groups in total. The SMILES string of the molecule is Cc1ccc(S(=O)(=O)N2CCOCC2)cc1NC(=O)C(NC(=O)c1cccs1)C(C)C. The van der Waals surface area contributed by atoms with Gasteiger partial charge in [-0.15, -0.1) is 11.3 Å². The van der Waals surface area contributed by atoms with Crippen LogP contribution in [0.25, 0.3) is 0 Å². The van der Waals surface area contributed by atoms with Crippen LogP contribution in [0.1, 0.15) is 29.1 Å². The number of hydrogen-bond donors (Lipinski definition) is 2. The highest BCUT2D eigenvalue weighted by atomic mass is 32.2. The molecule has 0 spiro atoms. The number of thiophene rings is 1. The Morgan fingerprint density at radius 3 is 2.48 bits per heavy atom. The summed E-state index contributed by atoms with van der Waals surface area (Å²) in [5.41, 5.74) is 1.12. The number of nitrogens with zero attached hydrogens (tertiary/aromatic N) is 1. The predicted octanol–water partition coefficient (Wildman–Crippen LogP) is 2.47. The number of amides is 2. The fraction of sp³-hybridized carbons (Fsp3) is 0.429. The molecule has 31 heavy (non-hydrogen) atoms. The highest BCUT2D eigenvalue weighted by Crippen LogP contribution is 2.24. The number of morpholine rings is 1. The molecular weight excluding hydrogens is 438 g/mol. The van der Waals surface area contributed by atoms with E-state index in [1.165, 1.54) is 27.8 Å². The average Bonchev–Trinajstić information content (AvgIpc) is 3.28. The van der Waals surface area contributed by atoms with Crippen molar-refractivity contribution in [3.8, 4) is 0 Å². The van der Waals surface area contributed by atoms with Gasteiger partial charge in [-0.25, -0.2) is 8.42 Å². The lowest BCUT2D eigenvalue weighted by molar-refractivity contribution is -0.118. The van der Waals surface area contributed by atoms with Crippen molar-refractivity contribution in [2.24, 2.45) is 5.92 Å². The lowest BCUT2D eigenvalue weighted by Crippen LogP contribution is -2.47. The summed E-state index contributed by atoms with van der Waals surface area (Å²) in [6.45, 7) is 6.76. The minimum atomic E-state index is -3.69. The second kappa shape index (κ2) is 9.90. The van der Waals surface area contributed by atoms with E-state index in [4.69, 9.17) is 4.74 Å². The van der Waals surface area contributed by atoms with Crippen LogP contribution in [0.15, 0.2) is 40.6 Å². The van der Waals surface area contributed by atoms with Crippen molar-refractivity contribution in [2.75, 3.05) is 31.6 Å². The van der Waals surface area contributed by atoms with Crippen molar-refractivity contribution in [3.05, 3.63) is 46.2 Å². The van der Waals surface area contributed by atoms with E-state index in [1.807, 2.05) is 13.8 Å². The Labute approximate surface area is 186 Å². The maximum Gasteiger partial charge on any atom is 0.262 e. The van der Waals surface area contributed by atoms with Gasteiger partial charge in [-0.05, 0) is 42.0 Å². The van der Waals surface area contributed by atoms with Gasteiger partial charge in [0, 0.05) is 18.8 Å². The van der Waals surface area contributed by atoms with Crippen LogP contribution in [-0.4, -0.2) is 56.9 Å². The third-order valence-electron chi connectivity index (χ3n) is 5.06. The minimum Gasteiger partial charge on any atom is -0.379 e. The first kappa shape index (κ1) is 23.4. The number of carbonyl (C=O) groups excluding carboxylic acids is 2. The molecule has 2 aromatic rings. The number of ether oxygens (including phenoxy) is 1. The fourth-order valence-corrected chi connectivity index (χ4v) is 5.26. The lowest BCUT2D eigenvalue weighted by atomic mass is 10.0. The molecule has 1 aliphatic rings. The number of sulfonamides is 1. The maximum atomic E-state index is 13.0. The number of rotatable bonds is 7. The second-order valence-corrected chi connectivity index (χ2v) is 10.5. The number of carbonyl (C=O) groups is 2. The molecule has 1 saturated heterocycles. The molecule has 0 bridgehead atoms. The van der Waals surface area contributed by atoms with E-state index in [9.17, 15) is 18.0 Å². The molecule has 1 unspecified atom stereocenters. The number of nitrogens with one attached hydrogen (secondary N) is 2. The first-order valence-corrected chi connectivity index (χ1v) is 12.4. The van der Waals surface area contributed by atoms with Gasteiger partial charge in [-0.2, -0.15) is 4.31 Å². The zero-order chi connectivity index (χ0) is 22.6. The Morgan fingerprint density at radius 1 is 1.16 bits per heavy atom. The van der Waals surface area contributed by atoms with E-state index >= 15 is 0 Å². The van der Waals surface area contributed by atoms with Crippen molar-refractivity contribution in [1.29, 1.82) is 0 Å². The molecule has 1 aliphatic heterocycles. The summed E-state index contributed by atoms with van der Waals surface area (Å²) in [6.07, 6.45) is 0. The molecule has 0 radical (unpaired) electrons. The van der Waals surface area contributed by atoms with Crippen LogP contribution in [0.2, 0.25) is 0 Å². The van der Waals surface area contributed by atoms with Gasteiger partial charge in [-0.3, -0.25) is 9.59 Å². The summed E-state index contributed by atoms with van der Waals surface area (Å²) in [5.74, 6) is -0.877. The summed E-state index contributed by atoms with van der Waals surface area (Å²) in [5, 5.41) is 7.37. The third-order valence-corrected chi connectivity index (χ3v) is 7.82. The molecule has 10 heteroatoms. The third kappa shape index (κ3) is 5.51. The smallest absolute Gasteiger partial charge is 0.262 e. The number of anilines is 1. The molecular formula is C21H27N3O5S2. The van der Waals surface area contributed by atoms with Gasteiger partial charge in [0.2, 0.25) is 15.9 Å². The van der Waals surface area contributed by atoms with Gasteiger partial charge >= 0.3 is 0 Å². The highest BCUT2D eigenvalue weighted by molar-refractivity contribution is 7.89. The Bertz CT molecular complexity index is 1030. The molecule has 1 fully saturated rings. The van der Waals surface area contributed by atoms with E-state index < -0.39 is 22.0 Å². The van der Waals surface area contributed by atoms with Crippen molar-refractivity contribution in [2.45, 2.75) is 31.7 Å². The molecule has 0 saturated carbocycles. The molecule has 3 rings (SSSR count). The van der Waals surface area contributed by atoms with Crippen LogP contribution in [-0.2, 0) is 19.6 Å². The van der Waals surface area contributed by atoms with Crippen molar-refractivity contribution >= 4 is 38.9 Å². The van der Waals surface area contributed by atoms with Crippen LogP contribution in [0, 0.1) is 12.8 Å². The Hall–Kier alpha value is -2.27. The Morgan fingerprint density at radius 2 is 1.87 bits per heavy atom. The summed E-state index contributed by atoms with van der Waals surface area (Å²) in [4.78, 5) is 26.0.